The van der Waals surface area contributed by atoms with Crippen molar-refractivity contribution in [3.05, 3.63) is 47.9 Å². The molecule has 1 aromatic carbocycles. The van der Waals surface area contributed by atoms with Crippen molar-refractivity contribution in [3.63, 3.8) is 0 Å². The Hall–Kier alpha value is -2.51. The minimum Gasteiger partial charge on any atom is -0.324 e. The first-order valence-electron chi connectivity index (χ1n) is 8.53. The molecule has 0 amide bonds. The summed E-state index contributed by atoms with van der Waals surface area (Å²) in [6.45, 7) is 0. The van der Waals surface area contributed by atoms with Crippen molar-refractivity contribution in [1.29, 1.82) is 0 Å². The molecule has 3 aromatic rings. The van der Waals surface area contributed by atoms with Crippen LogP contribution in [0.5, 0.6) is 0 Å². The van der Waals surface area contributed by atoms with E-state index in [0.717, 1.165) is 18.4 Å². The lowest BCUT2D eigenvalue weighted by atomic mass is 9.97. The molecule has 7 nitrogen and oxygen atoms in total. The largest absolute Gasteiger partial charge is 0.324 e. The van der Waals surface area contributed by atoms with Gasteiger partial charge in [-0.05, 0) is 36.5 Å². The monoisotopic (exact) mass is 371 g/mol. The van der Waals surface area contributed by atoms with Gasteiger partial charge in [-0.1, -0.05) is 18.6 Å². The molecule has 3 N–H and O–H groups in total. The van der Waals surface area contributed by atoms with Crippen LogP contribution in [-0.2, 0) is 13.5 Å². The zero-order valence-corrected chi connectivity index (χ0v) is 15.4. The van der Waals surface area contributed by atoms with Gasteiger partial charge in [-0.25, -0.2) is 9.97 Å². The number of fused-ring (bicyclic) bond motifs is 1. The van der Waals surface area contributed by atoms with E-state index >= 15 is 0 Å². The van der Waals surface area contributed by atoms with Crippen LogP contribution in [-0.4, -0.2) is 24.7 Å². The molecule has 4 rings (SSSR count). The standard InChI is InChI=1S/C18H21N7.ClH/c1-25-9-8-16(24-25)22-18-21-11-20-17(23-18)13-6-7-14-12(10-13)4-2-3-5-15(14)19;/h6-11,15H,2-5,19H2,1H3,(H,20,21,22,23,24);1H/t15-;/m1./s1. The number of aryl methyl sites for hydroxylation is 2. The number of nitrogens with one attached hydrogen (secondary N) is 1. The number of hydrogen-bond acceptors (Lipinski definition) is 6. The van der Waals surface area contributed by atoms with Gasteiger partial charge in [0.1, 0.15) is 6.33 Å². The van der Waals surface area contributed by atoms with Crippen molar-refractivity contribution in [2.75, 3.05) is 5.32 Å². The molecule has 1 aliphatic carbocycles. The lowest BCUT2D eigenvalue weighted by Gasteiger charge is -2.13. The predicted octanol–water partition coefficient (Wildman–Crippen LogP) is 3.16. The van der Waals surface area contributed by atoms with Crippen LogP contribution >= 0.6 is 12.4 Å². The van der Waals surface area contributed by atoms with E-state index in [9.17, 15) is 0 Å². The van der Waals surface area contributed by atoms with Gasteiger partial charge in [0.15, 0.2) is 11.6 Å². The van der Waals surface area contributed by atoms with Crippen molar-refractivity contribution >= 4 is 24.2 Å². The van der Waals surface area contributed by atoms with E-state index < -0.39 is 0 Å². The Morgan fingerprint density at radius 1 is 1.19 bits per heavy atom. The Balaban J connectivity index is 0.00000196. The van der Waals surface area contributed by atoms with E-state index in [2.05, 4.69) is 37.5 Å². The van der Waals surface area contributed by atoms with E-state index in [0.29, 0.717) is 17.6 Å². The summed E-state index contributed by atoms with van der Waals surface area (Å²) in [5.41, 5.74) is 9.83. The molecular formula is C18H22ClN7. The van der Waals surface area contributed by atoms with E-state index in [4.69, 9.17) is 5.73 Å². The second kappa shape index (κ2) is 7.80. The highest BCUT2D eigenvalue weighted by Crippen LogP contribution is 2.30. The predicted molar refractivity (Wildman–Crippen MR) is 103 cm³/mol. The molecule has 26 heavy (non-hydrogen) atoms. The Bertz CT molecular complexity index is 893. The maximum absolute atomic E-state index is 6.29. The number of benzene rings is 1. The molecule has 0 radical (unpaired) electrons. The molecule has 0 spiro atoms. The van der Waals surface area contributed by atoms with E-state index in [1.54, 1.807) is 4.68 Å². The fourth-order valence-electron chi connectivity index (χ4n) is 3.25. The zero-order chi connectivity index (χ0) is 17.2. The van der Waals surface area contributed by atoms with Crippen LogP contribution in [0, 0.1) is 0 Å². The molecule has 0 bridgehead atoms. The Morgan fingerprint density at radius 2 is 2.08 bits per heavy atom. The number of nitrogens with two attached hydrogens (primary N) is 1. The third-order valence-electron chi connectivity index (χ3n) is 4.54. The van der Waals surface area contributed by atoms with Gasteiger partial charge in [0, 0.05) is 30.9 Å². The van der Waals surface area contributed by atoms with E-state index in [1.165, 1.54) is 30.3 Å². The smallest absolute Gasteiger partial charge is 0.231 e. The summed E-state index contributed by atoms with van der Waals surface area (Å²) < 4.78 is 1.72. The number of nitrogens with zero attached hydrogens (tertiary/aromatic N) is 5. The maximum Gasteiger partial charge on any atom is 0.231 e. The lowest BCUT2D eigenvalue weighted by molar-refractivity contribution is 0.615. The van der Waals surface area contributed by atoms with Gasteiger partial charge in [0.25, 0.3) is 0 Å². The van der Waals surface area contributed by atoms with Gasteiger partial charge in [-0.3, -0.25) is 4.68 Å². The Kier molecular flexibility index (Phi) is 5.49. The fraction of sp³-hybridized carbons (Fsp3) is 0.333. The first-order chi connectivity index (χ1) is 12.2. The molecule has 2 aromatic heterocycles. The average Bonchev–Trinajstić information content (AvgIpc) is 2.93. The van der Waals surface area contributed by atoms with Gasteiger partial charge in [-0.15, -0.1) is 12.4 Å². The van der Waals surface area contributed by atoms with Crippen molar-refractivity contribution in [2.45, 2.75) is 31.7 Å². The van der Waals surface area contributed by atoms with Crippen LogP contribution in [0.15, 0.2) is 36.8 Å². The molecule has 0 fully saturated rings. The first-order valence-corrected chi connectivity index (χ1v) is 8.53. The molecular weight excluding hydrogens is 350 g/mol. The summed E-state index contributed by atoms with van der Waals surface area (Å²) in [5.74, 6) is 1.83. The molecule has 2 heterocycles. The molecule has 8 heteroatoms. The Labute approximate surface area is 158 Å². The summed E-state index contributed by atoms with van der Waals surface area (Å²) >= 11 is 0. The molecule has 0 saturated heterocycles. The molecule has 1 atom stereocenters. The van der Waals surface area contributed by atoms with E-state index in [-0.39, 0.29) is 18.4 Å². The summed E-state index contributed by atoms with van der Waals surface area (Å²) in [6, 6.07) is 8.33. The fourth-order valence-corrected chi connectivity index (χ4v) is 3.25. The molecule has 0 aliphatic heterocycles. The zero-order valence-electron chi connectivity index (χ0n) is 14.6. The quantitative estimate of drug-likeness (QED) is 0.687. The van der Waals surface area contributed by atoms with Crippen LogP contribution < -0.4 is 11.1 Å². The summed E-state index contributed by atoms with van der Waals surface area (Å²) in [4.78, 5) is 13.0. The van der Waals surface area contributed by atoms with E-state index in [1.807, 2.05) is 25.4 Å². The van der Waals surface area contributed by atoms with Crippen molar-refractivity contribution < 1.29 is 0 Å². The third kappa shape index (κ3) is 3.84. The summed E-state index contributed by atoms with van der Waals surface area (Å²) in [7, 11) is 1.87. The van der Waals surface area contributed by atoms with Crippen LogP contribution in [0.25, 0.3) is 11.4 Å². The summed E-state index contributed by atoms with van der Waals surface area (Å²) in [6.07, 6.45) is 7.84. The third-order valence-corrected chi connectivity index (χ3v) is 4.54. The van der Waals surface area contributed by atoms with Gasteiger partial charge in [0.2, 0.25) is 5.95 Å². The minimum atomic E-state index is 0. The topological polar surface area (TPSA) is 94.5 Å². The summed E-state index contributed by atoms with van der Waals surface area (Å²) in [5, 5.41) is 7.38. The lowest BCUT2D eigenvalue weighted by Crippen LogP contribution is -2.10. The minimum absolute atomic E-state index is 0. The number of hydrogen-bond donors (Lipinski definition) is 2. The van der Waals surface area contributed by atoms with Gasteiger partial charge >= 0.3 is 0 Å². The number of halogens is 1. The van der Waals surface area contributed by atoms with Crippen molar-refractivity contribution in [3.8, 4) is 11.4 Å². The first kappa shape index (κ1) is 18.3. The van der Waals surface area contributed by atoms with Crippen LogP contribution in [0.2, 0.25) is 0 Å². The highest BCUT2D eigenvalue weighted by Gasteiger charge is 2.16. The normalized spacial score (nSPS) is 16.3. The Morgan fingerprint density at radius 3 is 2.88 bits per heavy atom. The molecule has 136 valence electrons. The number of rotatable bonds is 3. The van der Waals surface area contributed by atoms with Crippen LogP contribution in [0.4, 0.5) is 11.8 Å². The highest BCUT2D eigenvalue weighted by molar-refractivity contribution is 5.85. The molecule has 0 saturated carbocycles. The SMILES string of the molecule is Cl.Cn1ccc(Nc2ncnc(-c3ccc4c(c3)CCCC[C@H]4N)n2)n1. The van der Waals surface area contributed by atoms with Crippen molar-refractivity contribution in [1.82, 2.24) is 24.7 Å². The van der Waals surface area contributed by atoms with Crippen molar-refractivity contribution in [2.24, 2.45) is 12.8 Å². The van der Waals surface area contributed by atoms with Crippen LogP contribution in [0.3, 0.4) is 0 Å². The van der Waals surface area contributed by atoms with Gasteiger partial charge in [0.05, 0.1) is 0 Å². The second-order valence-corrected chi connectivity index (χ2v) is 6.40. The highest BCUT2D eigenvalue weighted by atomic mass is 35.5. The van der Waals surface area contributed by atoms with Gasteiger partial charge < -0.3 is 11.1 Å². The van der Waals surface area contributed by atoms with Gasteiger partial charge in [-0.2, -0.15) is 10.1 Å². The maximum atomic E-state index is 6.29. The second-order valence-electron chi connectivity index (χ2n) is 6.40. The van der Waals surface area contributed by atoms with Crippen LogP contribution in [0.1, 0.15) is 36.4 Å². The molecule has 0 unspecified atom stereocenters. The number of anilines is 2. The molecule has 1 aliphatic rings. The average molecular weight is 372 g/mol. The number of aromatic nitrogens is 5.